The summed E-state index contributed by atoms with van der Waals surface area (Å²) >= 11 is 12.4. The van der Waals surface area contributed by atoms with E-state index in [1.807, 2.05) is 30.3 Å². The van der Waals surface area contributed by atoms with Gasteiger partial charge in [0.05, 0.1) is 23.0 Å². The maximum absolute atomic E-state index is 6.35. The summed E-state index contributed by atoms with van der Waals surface area (Å²) in [6.45, 7) is 4.21. The molecule has 1 heterocycles. The molecule has 0 bridgehead atoms. The van der Waals surface area contributed by atoms with E-state index in [0.717, 1.165) is 27.4 Å². The number of nitrogens with zero attached hydrogens (tertiary/aromatic N) is 2. The molecule has 1 aromatic heterocycles. The predicted molar refractivity (Wildman–Crippen MR) is 89.3 cm³/mol. The van der Waals surface area contributed by atoms with Crippen molar-refractivity contribution < 1.29 is 0 Å². The van der Waals surface area contributed by atoms with Crippen molar-refractivity contribution in [1.82, 2.24) is 9.55 Å². The smallest absolute Gasteiger partial charge is 0.125 e. The molecule has 0 aliphatic heterocycles. The van der Waals surface area contributed by atoms with Crippen LogP contribution in [0.25, 0.3) is 11.0 Å². The molecule has 0 aliphatic rings. The van der Waals surface area contributed by atoms with Gasteiger partial charge in [0.1, 0.15) is 5.82 Å². The minimum absolute atomic E-state index is 0.0826. The quantitative estimate of drug-likeness (QED) is 0.595. The molecule has 0 saturated heterocycles. The van der Waals surface area contributed by atoms with Crippen molar-refractivity contribution >= 4 is 34.2 Å². The number of halogens is 2. The Kier molecular flexibility index (Phi) is 3.92. The summed E-state index contributed by atoms with van der Waals surface area (Å²) in [4.78, 5) is 4.64. The molecule has 2 aromatic carbocycles. The van der Waals surface area contributed by atoms with E-state index in [0.29, 0.717) is 5.88 Å². The summed E-state index contributed by atoms with van der Waals surface area (Å²) in [5, 5.41) is 0.764. The van der Waals surface area contributed by atoms with Crippen LogP contribution < -0.4 is 0 Å². The van der Waals surface area contributed by atoms with Crippen LogP contribution in [-0.2, 0) is 5.88 Å². The van der Waals surface area contributed by atoms with Crippen LogP contribution in [0.5, 0.6) is 0 Å². The van der Waals surface area contributed by atoms with E-state index in [9.17, 15) is 0 Å². The summed E-state index contributed by atoms with van der Waals surface area (Å²) in [7, 11) is 0. The predicted octanol–water partition coefficient (Wildman–Crippen LogP) is 5.35. The fourth-order valence-electron chi connectivity index (χ4n) is 2.73. The Morgan fingerprint density at radius 3 is 2.67 bits per heavy atom. The minimum Gasteiger partial charge on any atom is -0.320 e. The van der Waals surface area contributed by atoms with Crippen molar-refractivity contribution in [1.29, 1.82) is 0 Å². The minimum atomic E-state index is 0.0826. The highest BCUT2D eigenvalue weighted by molar-refractivity contribution is 6.31. The SMILES string of the molecule is Cc1ccc2nc(CCl)n(C(C)c3ccccc3Cl)c2c1. The van der Waals surface area contributed by atoms with Gasteiger partial charge < -0.3 is 4.57 Å². The Morgan fingerprint density at radius 2 is 1.95 bits per heavy atom. The summed E-state index contributed by atoms with van der Waals surface area (Å²) < 4.78 is 2.18. The molecule has 1 unspecified atom stereocenters. The van der Waals surface area contributed by atoms with Crippen LogP contribution >= 0.6 is 23.2 Å². The van der Waals surface area contributed by atoms with Crippen LogP contribution in [-0.4, -0.2) is 9.55 Å². The van der Waals surface area contributed by atoms with Crippen LogP contribution in [0.15, 0.2) is 42.5 Å². The van der Waals surface area contributed by atoms with E-state index in [4.69, 9.17) is 23.2 Å². The first kappa shape index (κ1) is 14.4. The highest BCUT2D eigenvalue weighted by Gasteiger charge is 2.18. The van der Waals surface area contributed by atoms with E-state index in [1.54, 1.807) is 0 Å². The zero-order valence-corrected chi connectivity index (χ0v) is 13.5. The van der Waals surface area contributed by atoms with Crippen LogP contribution in [0, 0.1) is 6.92 Å². The number of hydrogen-bond acceptors (Lipinski definition) is 1. The zero-order chi connectivity index (χ0) is 15.0. The van der Waals surface area contributed by atoms with E-state index >= 15 is 0 Å². The second kappa shape index (κ2) is 5.70. The van der Waals surface area contributed by atoms with Gasteiger partial charge in [0.25, 0.3) is 0 Å². The van der Waals surface area contributed by atoms with Gasteiger partial charge >= 0.3 is 0 Å². The molecule has 2 nitrogen and oxygen atoms in total. The summed E-state index contributed by atoms with van der Waals surface area (Å²) in [6, 6.07) is 14.2. The molecule has 4 heteroatoms. The van der Waals surface area contributed by atoms with Gasteiger partial charge in [-0.2, -0.15) is 0 Å². The first-order valence-corrected chi connectivity index (χ1v) is 7.81. The number of rotatable bonds is 3. The van der Waals surface area contributed by atoms with Crippen molar-refractivity contribution in [2.45, 2.75) is 25.8 Å². The van der Waals surface area contributed by atoms with Crippen LogP contribution in [0.3, 0.4) is 0 Å². The zero-order valence-electron chi connectivity index (χ0n) is 12.0. The lowest BCUT2D eigenvalue weighted by Gasteiger charge is -2.18. The lowest BCUT2D eigenvalue weighted by Crippen LogP contribution is -2.10. The van der Waals surface area contributed by atoms with Gasteiger partial charge in [0.15, 0.2) is 0 Å². The second-order valence-corrected chi connectivity index (χ2v) is 5.90. The van der Waals surface area contributed by atoms with Crippen molar-refractivity contribution in [2.24, 2.45) is 0 Å². The van der Waals surface area contributed by atoms with Gasteiger partial charge in [-0.3, -0.25) is 0 Å². The third-order valence-corrected chi connectivity index (χ3v) is 4.36. The number of benzene rings is 2. The molecule has 0 spiro atoms. The Hall–Kier alpha value is -1.51. The standard InChI is InChI=1S/C17H16Cl2N2/c1-11-7-8-15-16(9-11)21(17(10-18)20-15)12(2)13-5-3-4-6-14(13)19/h3-9,12H,10H2,1-2H3. The van der Waals surface area contributed by atoms with Crippen LogP contribution in [0.2, 0.25) is 5.02 Å². The molecule has 0 fully saturated rings. The molecule has 3 rings (SSSR count). The van der Waals surface area contributed by atoms with Gasteiger partial charge in [-0.1, -0.05) is 35.9 Å². The molecule has 0 radical (unpaired) electrons. The number of fused-ring (bicyclic) bond motifs is 1. The lowest BCUT2D eigenvalue weighted by molar-refractivity contribution is 0.634. The molecule has 0 aliphatic carbocycles. The van der Waals surface area contributed by atoms with Gasteiger partial charge in [-0.05, 0) is 43.2 Å². The molecule has 0 amide bonds. The van der Waals surface area contributed by atoms with Gasteiger partial charge in [0, 0.05) is 5.02 Å². The van der Waals surface area contributed by atoms with Crippen LogP contribution in [0.4, 0.5) is 0 Å². The molecule has 3 aromatic rings. The number of aromatic nitrogens is 2. The molecule has 0 N–H and O–H groups in total. The topological polar surface area (TPSA) is 17.8 Å². The maximum Gasteiger partial charge on any atom is 0.125 e. The summed E-state index contributed by atoms with van der Waals surface area (Å²) in [5.74, 6) is 1.24. The van der Waals surface area contributed by atoms with Crippen molar-refractivity contribution in [2.75, 3.05) is 0 Å². The Labute approximate surface area is 134 Å². The monoisotopic (exact) mass is 318 g/mol. The fraction of sp³-hybridized carbons (Fsp3) is 0.235. The number of hydrogen-bond donors (Lipinski definition) is 0. The first-order valence-electron chi connectivity index (χ1n) is 6.89. The molecule has 21 heavy (non-hydrogen) atoms. The Balaban J connectivity index is 2.23. The van der Waals surface area contributed by atoms with Gasteiger partial charge in [-0.15, -0.1) is 11.6 Å². The highest BCUT2D eigenvalue weighted by Crippen LogP contribution is 2.31. The van der Waals surface area contributed by atoms with Crippen molar-refractivity contribution in [3.05, 3.63) is 64.4 Å². The fourth-order valence-corrected chi connectivity index (χ4v) is 3.21. The summed E-state index contributed by atoms with van der Waals surface area (Å²) in [5.41, 5.74) is 4.34. The Morgan fingerprint density at radius 1 is 1.19 bits per heavy atom. The number of alkyl halides is 1. The molecule has 1 atom stereocenters. The molecular weight excluding hydrogens is 303 g/mol. The molecular formula is C17H16Cl2N2. The van der Waals surface area contributed by atoms with Crippen LogP contribution in [0.1, 0.15) is 29.9 Å². The average molecular weight is 319 g/mol. The van der Waals surface area contributed by atoms with Crippen molar-refractivity contribution in [3.63, 3.8) is 0 Å². The molecule has 108 valence electrons. The molecule has 0 saturated carbocycles. The first-order chi connectivity index (χ1) is 10.1. The third-order valence-electron chi connectivity index (χ3n) is 3.78. The largest absolute Gasteiger partial charge is 0.320 e. The average Bonchev–Trinajstić information content (AvgIpc) is 2.84. The van der Waals surface area contributed by atoms with Gasteiger partial charge in [0.2, 0.25) is 0 Å². The number of imidazole rings is 1. The normalized spacial score (nSPS) is 12.8. The highest BCUT2D eigenvalue weighted by atomic mass is 35.5. The third kappa shape index (κ3) is 2.54. The van der Waals surface area contributed by atoms with Gasteiger partial charge in [-0.25, -0.2) is 4.98 Å². The van der Waals surface area contributed by atoms with E-state index < -0.39 is 0 Å². The maximum atomic E-state index is 6.35. The second-order valence-electron chi connectivity index (χ2n) is 5.22. The lowest BCUT2D eigenvalue weighted by atomic mass is 10.1. The van der Waals surface area contributed by atoms with E-state index in [-0.39, 0.29) is 6.04 Å². The van der Waals surface area contributed by atoms with E-state index in [2.05, 4.69) is 35.5 Å². The number of aryl methyl sites for hydroxylation is 1. The summed E-state index contributed by atoms with van der Waals surface area (Å²) in [6.07, 6.45) is 0. The Bertz CT molecular complexity index is 793. The van der Waals surface area contributed by atoms with Crippen molar-refractivity contribution in [3.8, 4) is 0 Å². The van der Waals surface area contributed by atoms with E-state index in [1.165, 1.54) is 5.56 Å².